The van der Waals surface area contributed by atoms with Crippen LogP contribution in [0.5, 0.6) is 0 Å². The van der Waals surface area contributed by atoms with E-state index in [2.05, 4.69) is 6.58 Å². The van der Waals surface area contributed by atoms with Crippen LogP contribution >= 0.6 is 0 Å². The summed E-state index contributed by atoms with van der Waals surface area (Å²) in [4.78, 5) is 11.3. The number of rotatable bonds is 2. The van der Waals surface area contributed by atoms with Gasteiger partial charge in [0.1, 0.15) is 0 Å². The van der Waals surface area contributed by atoms with E-state index in [-0.39, 0.29) is 0 Å². The van der Waals surface area contributed by atoms with Crippen LogP contribution in [0.3, 0.4) is 0 Å². The summed E-state index contributed by atoms with van der Waals surface area (Å²) in [6, 6.07) is 13.1. The van der Waals surface area contributed by atoms with E-state index in [1.165, 1.54) is 0 Å². The molecule has 0 aliphatic rings. The number of para-hydroxylation sites is 2. The van der Waals surface area contributed by atoms with E-state index in [4.69, 9.17) is 0 Å². The zero-order chi connectivity index (χ0) is 12.7. The van der Waals surface area contributed by atoms with Gasteiger partial charge in [-0.25, -0.2) is 4.79 Å². The van der Waals surface area contributed by atoms with E-state index in [1.807, 2.05) is 34.9 Å². The molecule has 3 aromatic rings. The molecular weight excluding hydrogens is 226 g/mol. The zero-order valence-corrected chi connectivity index (χ0v) is 9.63. The topological polar surface area (TPSA) is 42.2 Å². The Morgan fingerprint density at radius 2 is 1.83 bits per heavy atom. The van der Waals surface area contributed by atoms with Gasteiger partial charge in [-0.15, -0.1) is 0 Å². The monoisotopic (exact) mass is 237 g/mol. The number of hydrogen-bond donors (Lipinski definition) is 1. The van der Waals surface area contributed by atoms with Crippen molar-refractivity contribution in [1.82, 2.24) is 4.57 Å². The smallest absolute Gasteiger partial charge is 0.337 e. The summed E-state index contributed by atoms with van der Waals surface area (Å²) in [6.45, 7) is 3.77. The number of fused-ring (bicyclic) bond motifs is 3. The quantitative estimate of drug-likeness (QED) is 0.740. The molecule has 0 amide bonds. The van der Waals surface area contributed by atoms with Crippen molar-refractivity contribution in [3.05, 3.63) is 54.6 Å². The Hall–Kier alpha value is -2.55. The summed E-state index contributed by atoms with van der Waals surface area (Å²) in [5.41, 5.74) is 1.96. The van der Waals surface area contributed by atoms with Crippen molar-refractivity contribution in [2.75, 3.05) is 0 Å². The number of nitrogens with zero attached hydrogens (tertiary/aromatic N) is 1. The summed E-state index contributed by atoms with van der Waals surface area (Å²) in [6.07, 6.45) is 1.65. The Balaban J connectivity index is 2.64. The maximum atomic E-state index is 11.3. The van der Waals surface area contributed by atoms with Gasteiger partial charge in [-0.3, -0.25) is 0 Å². The van der Waals surface area contributed by atoms with Crippen molar-refractivity contribution in [2.24, 2.45) is 0 Å². The Kier molecular flexibility index (Phi) is 2.20. The average molecular weight is 237 g/mol. The van der Waals surface area contributed by atoms with Gasteiger partial charge in [-0.2, -0.15) is 0 Å². The molecule has 0 fully saturated rings. The highest BCUT2D eigenvalue weighted by molar-refractivity contribution is 6.15. The molecule has 3 rings (SSSR count). The first-order valence-corrected chi connectivity index (χ1v) is 5.61. The number of hydrogen-bond acceptors (Lipinski definition) is 1. The van der Waals surface area contributed by atoms with Gasteiger partial charge in [0.05, 0.1) is 16.6 Å². The Morgan fingerprint density at radius 1 is 1.11 bits per heavy atom. The molecule has 18 heavy (non-hydrogen) atoms. The standard InChI is InChI=1S/C15H11NO2/c1-2-16-13-9-4-3-6-10(13)11-7-5-8-12(14(11)16)15(17)18/h2-9H,1H2,(H,17,18). The summed E-state index contributed by atoms with van der Waals surface area (Å²) in [7, 11) is 0. The molecule has 0 aliphatic carbocycles. The van der Waals surface area contributed by atoms with Crippen molar-refractivity contribution in [2.45, 2.75) is 0 Å². The van der Waals surface area contributed by atoms with E-state index in [9.17, 15) is 9.90 Å². The molecule has 88 valence electrons. The molecule has 0 saturated carbocycles. The fourth-order valence-corrected chi connectivity index (χ4v) is 2.41. The molecule has 1 heterocycles. The first-order valence-electron chi connectivity index (χ1n) is 5.61. The Morgan fingerprint density at radius 3 is 2.56 bits per heavy atom. The lowest BCUT2D eigenvalue weighted by molar-refractivity contribution is 0.0699. The number of benzene rings is 2. The van der Waals surface area contributed by atoms with Crippen LogP contribution in [0.1, 0.15) is 10.4 Å². The van der Waals surface area contributed by atoms with Crippen LogP contribution in [-0.2, 0) is 0 Å². The molecule has 0 atom stereocenters. The second-order valence-corrected chi connectivity index (χ2v) is 4.08. The summed E-state index contributed by atoms with van der Waals surface area (Å²) in [5.74, 6) is -0.925. The van der Waals surface area contributed by atoms with E-state index in [0.29, 0.717) is 11.1 Å². The lowest BCUT2D eigenvalue weighted by Crippen LogP contribution is -1.99. The summed E-state index contributed by atoms with van der Waals surface area (Å²) < 4.78 is 1.83. The maximum Gasteiger partial charge on any atom is 0.337 e. The first kappa shape index (κ1) is 10.6. The predicted octanol–water partition coefficient (Wildman–Crippen LogP) is 3.59. The highest BCUT2D eigenvalue weighted by Gasteiger charge is 2.15. The second-order valence-electron chi connectivity index (χ2n) is 4.08. The number of carbonyl (C=O) groups is 1. The second kappa shape index (κ2) is 3.74. The molecular formula is C15H11NO2. The number of aromatic carboxylic acids is 1. The van der Waals surface area contributed by atoms with Gasteiger partial charge < -0.3 is 9.67 Å². The maximum absolute atomic E-state index is 11.3. The lowest BCUT2D eigenvalue weighted by atomic mass is 10.1. The molecule has 3 heteroatoms. The van der Waals surface area contributed by atoms with Crippen LogP contribution in [-0.4, -0.2) is 15.6 Å². The number of carboxylic acids is 1. The molecule has 0 unspecified atom stereocenters. The molecule has 2 aromatic carbocycles. The number of aromatic nitrogens is 1. The minimum atomic E-state index is -0.925. The Labute approximate surface area is 104 Å². The van der Waals surface area contributed by atoms with Crippen LogP contribution in [0.4, 0.5) is 0 Å². The van der Waals surface area contributed by atoms with Crippen molar-refractivity contribution in [3.63, 3.8) is 0 Å². The molecule has 1 aromatic heterocycles. The van der Waals surface area contributed by atoms with Gasteiger partial charge in [0.2, 0.25) is 0 Å². The Bertz CT molecular complexity index is 784. The van der Waals surface area contributed by atoms with Gasteiger partial charge in [-0.1, -0.05) is 36.9 Å². The van der Waals surface area contributed by atoms with Gasteiger partial charge >= 0.3 is 5.97 Å². The molecule has 3 nitrogen and oxygen atoms in total. The van der Waals surface area contributed by atoms with Crippen LogP contribution in [0, 0.1) is 0 Å². The molecule has 1 N–H and O–H groups in total. The highest BCUT2D eigenvalue weighted by Crippen LogP contribution is 2.31. The number of carboxylic acid groups (broad SMARTS) is 1. The van der Waals surface area contributed by atoms with Crippen LogP contribution in [0.15, 0.2) is 49.0 Å². The van der Waals surface area contributed by atoms with Crippen molar-refractivity contribution >= 4 is 34.0 Å². The van der Waals surface area contributed by atoms with E-state index < -0.39 is 5.97 Å². The fourth-order valence-electron chi connectivity index (χ4n) is 2.41. The minimum absolute atomic E-state index is 0.295. The lowest BCUT2D eigenvalue weighted by Gasteiger charge is -2.02. The summed E-state index contributed by atoms with van der Waals surface area (Å²) >= 11 is 0. The first-order chi connectivity index (χ1) is 8.74. The van der Waals surface area contributed by atoms with Crippen molar-refractivity contribution in [1.29, 1.82) is 0 Å². The zero-order valence-electron chi connectivity index (χ0n) is 9.63. The molecule has 0 spiro atoms. The van der Waals surface area contributed by atoms with Gasteiger partial charge in [0.15, 0.2) is 0 Å². The largest absolute Gasteiger partial charge is 0.478 e. The molecule has 0 bridgehead atoms. The average Bonchev–Trinajstić information content (AvgIpc) is 2.72. The molecule has 0 saturated heterocycles. The van der Waals surface area contributed by atoms with Crippen LogP contribution < -0.4 is 0 Å². The van der Waals surface area contributed by atoms with Crippen molar-refractivity contribution in [3.8, 4) is 0 Å². The highest BCUT2D eigenvalue weighted by atomic mass is 16.4. The van der Waals surface area contributed by atoms with E-state index in [0.717, 1.165) is 16.3 Å². The SMILES string of the molecule is C=Cn1c2ccccc2c2cccc(C(=O)O)c21. The van der Waals surface area contributed by atoms with Crippen LogP contribution in [0.25, 0.3) is 28.0 Å². The minimum Gasteiger partial charge on any atom is -0.478 e. The van der Waals surface area contributed by atoms with E-state index >= 15 is 0 Å². The fraction of sp³-hybridized carbons (Fsp3) is 0. The molecule has 0 radical (unpaired) electrons. The van der Waals surface area contributed by atoms with Gasteiger partial charge in [-0.05, 0) is 12.1 Å². The third-order valence-corrected chi connectivity index (χ3v) is 3.14. The normalized spacial score (nSPS) is 10.9. The van der Waals surface area contributed by atoms with Gasteiger partial charge in [0.25, 0.3) is 0 Å². The van der Waals surface area contributed by atoms with Crippen molar-refractivity contribution < 1.29 is 9.90 Å². The predicted molar refractivity (Wildman–Crippen MR) is 72.8 cm³/mol. The van der Waals surface area contributed by atoms with E-state index in [1.54, 1.807) is 18.3 Å². The van der Waals surface area contributed by atoms with Gasteiger partial charge in [0, 0.05) is 17.0 Å². The molecule has 0 aliphatic heterocycles. The summed E-state index contributed by atoms with van der Waals surface area (Å²) in [5, 5.41) is 11.3. The third-order valence-electron chi connectivity index (χ3n) is 3.14. The third kappa shape index (κ3) is 1.27. The van der Waals surface area contributed by atoms with Crippen LogP contribution in [0.2, 0.25) is 0 Å².